The average molecular weight is 406 g/mol. The van der Waals surface area contributed by atoms with Gasteiger partial charge in [0.25, 0.3) is 0 Å². The molecule has 0 aromatic carbocycles. The van der Waals surface area contributed by atoms with Gasteiger partial charge in [-0.3, -0.25) is 9.36 Å². The molecule has 4 aromatic rings. The van der Waals surface area contributed by atoms with E-state index in [-0.39, 0.29) is 6.04 Å². The Bertz CT molecular complexity index is 1180. The molecule has 0 aliphatic rings. The summed E-state index contributed by atoms with van der Waals surface area (Å²) >= 11 is 0. The van der Waals surface area contributed by atoms with Crippen LogP contribution < -0.4 is 10.1 Å². The maximum absolute atomic E-state index is 5.68. The SMILES string of the molecule is CCOc1nnccc1-c1cc(NCc2cnn(C)c2)c2c(n1)c(C)nn2C(C)C. The molecule has 0 saturated carbocycles. The van der Waals surface area contributed by atoms with Crippen LogP contribution in [0.3, 0.4) is 0 Å². The second-order valence-electron chi connectivity index (χ2n) is 7.43. The Balaban J connectivity index is 1.86. The van der Waals surface area contributed by atoms with Gasteiger partial charge in [0, 0.05) is 31.4 Å². The molecule has 0 fully saturated rings. The van der Waals surface area contributed by atoms with Gasteiger partial charge >= 0.3 is 0 Å². The van der Waals surface area contributed by atoms with Crippen molar-refractivity contribution in [3.05, 3.63) is 42.0 Å². The van der Waals surface area contributed by atoms with Crippen molar-refractivity contribution < 1.29 is 4.74 Å². The molecule has 4 rings (SSSR count). The highest BCUT2D eigenvalue weighted by Crippen LogP contribution is 2.34. The van der Waals surface area contributed by atoms with Crippen LogP contribution in [0.4, 0.5) is 5.69 Å². The summed E-state index contributed by atoms with van der Waals surface area (Å²) in [5.41, 5.74) is 6.33. The summed E-state index contributed by atoms with van der Waals surface area (Å²) in [6, 6.07) is 4.10. The average Bonchev–Trinajstić information content (AvgIpc) is 3.30. The number of aryl methyl sites for hydroxylation is 2. The molecule has 0 saturated heterocycles. The molecular formula is C21H26N8O. The summed E-state index contributed by atoms with van der Waals surface area (Å²) in [6.45, 7) is 9.28. The molecule has 0 bridgehead atoms. The predicted octanol–water partition coefficient (Wildman–Crippen LogP) is 3.52. The molecular weight excluding hydrogens is 380 g/mol. The number of hydrogen-bond donors (Lipinski definition) is 1. The summed E-state index contributed by atoms with van der Waals surface area (Å²) < 4.78 is 9.49. The minimum absolute atomic E-state index is 0.203. The van der Waals surface area contributed by atoms with Gasteiger partial charge in [-0.05, 0) is 39.8 Å². The molecule has 4 heterocycles. The molecule has 0 aliphatic heterocycles. The second kappa shape index (κ2) is 8.10. The maximum Gasteiger partial charge on any atom is 0.242 e. The van der Waals surface area contributed by atoms with E-state index in [1.165, 1.54) is 0 Å². The fourth-order valence-corrected chi connectivity index (χ4v) is 3.45. The van der Waals surface area contributed by atoms with Gasteiger partial charge < -0.3 is 10.1 Å². The number of fused-ring (bicyclic) bond motifs is 1. The van der Waals surface area contributed by atoms with Gasteiger partial charge in [-0.15, -0.1) is 5.10 Å². The van der Waals surface area contributed by atoms with E-state index in [2.05, 4.69) is 34.5 Å². The predicted molar refractivity (Wildman–Crippen MR) is 115 cm³/mol. The number of nitrogens with one attached hydrogen (secondary N) is 1. The number of nitrogens with zero attached hydrogens (tertiary/aromatic N) is 7. The molecule has 4 aromatic heterocycles. The van der Waals surface area contributed by atoms with E-state index in [9.17, 15) is 0 Å². The lowest BCUT2D eigenvalue weighted by atomic mass is 10.1. The second-order valence-corrected chi connectivity index (χ2v) is 7.43. The quantitative estimate of drug-likeness (QED) is 0.502. The standard InChI is InChI=1S/C21H26N8O/c1-6-30-21-16(7-8-23-26-21)17-9-18(22-10-15-11-24-28(5)12-15)20-19(25-17)14(4)27-29(20)13(2)3/h7-9,11-13H,6,10H2,1-5H3,(H,22,25). The van der Waals surface area contributed by atoms with E-state index in [1.54, 1.807) is 10.9 Å². The number of rotatable bonds is 7. The first-order valence-corrected chi connectivity index (χ1v) is 10.0. The van der Waals surface area contributed by atoms with Crippen molar-refractivity contribution in [2.45, 2.75) is 40.3 Å². The number of hydrogen-bond acceptors (Lipinski definition) is 7. The summed E-state index contributed by atoms with van der Waals surface area (Å²) in [6.07, 6.45) is 5.51. The van der Waals surface area contributed by atoms with E-state index in [1.807, 2.05) is 50.1 Å². The van der Waals surface area contributed by atoms with Gasteiger partial charge in [-0.2, -0.15) is 15.3 Å². The lowest BCUT2D eigenvalue weighted by Crippen LogP contribution is -2.07. The van der Waals surface area contributed by atoms with Gasteiger partial charge in [-0.25, -0.2) is 4.98 Å². The molecule has 156 valence electrons. The Kier molecular flexibility index (Phi) is 5.35. The summed E-state index contributed by atoms with van der Waals surface area (Å²) in [7, 11) is 1.91. The van der Waals surface area contributed by atoms with Crippen LogP contribution in [0, 0.1) is 6.92 Å². The van der Waals surface area contributed by atoms with E-state index in [0.717, 1.165) is 39.2 Å². The van der Waals surface area contributed by atoms with Crippen LogP contribution in [0.2, 0.25) is 0 Å². The van der Waals surface area contributed by atoms with E-state index >= 15 is 0 Å². The van der Waals surface area contributed by atoms with Crippen LogP contribution >= 0.6 is 0 Å². The van der Waals surface area contributed by atoms with Crippen molar-refractivity contribution in [3.8, 4) is 17.1 Å². The third-order valence-electron chi connectivity index (χ3n) is 4.80. The Hall–Kier alpha value is -3.49. The molecule has 0 radical (unpaired) electrons. The highest BCUT2D eigenvalue weighted by atomic mass is 16.5. The summed E-state index contributed by atoms with van der Waals surface area (Å²) in [4.78, 5) is 4.92. The van der Waals surface area contributed by atoms with Gasteiger partial charge in [0.05, 0.1) is 41.6 Å². The number of ether oxygens (including phenoxy) is 1. The van der Waals surface area contributed by atoms with Gasteiger partial charge in [0.2, 0.25) is 5.88 Å². The molecule has 0 amide bonds. The summed E-state index contributed by atoms with van der Waals surface area (Å²) in [5.74, 6) is 0.471. The van der Waals surface area contributed by atoms with Crippen molar-refractivity contribution in [1.29, 1.82) is 0 Å². The molecule has 0 aliphatic carbocycles. The van der Waals surface area contributed by atoms with Gasteiger partial charge in [0.15, 0.2) is 0 Å². The maximum atomic E-state index is 5.68. The van der Waals surface area contributed by atoms with E-state index in [4.69, 9.17) is 14.8 Å². The molecule has 30 heavy (non-hydrogen) atoms. The minimum atomic E-state index is 0.203. The van der Waals surface area contributed by atoms with E-state index < -0.39 is 0 Å². The fourth-order valence-electron chi connectivity index (χ4n) is 3.45. The Morgan fingerprint density at radius 2 is 2.10 bits per heavy atom. The Morgan fingerprint density at radius 1 is 1.27 bits per heavy atom. The van der Waals surface area contributed by atoms with Crippen molar-refractivity contribution in [3.63, 3.8) is 0 Å². The van der Waals surface area contributed by atoms with Crippen LogP contribution in [0.25, 0.3) is 22.3 Å². The zero-order valence-electron chi connectivity index (χ0n) is 17.9. The monoisotopic (exact) mass is 406 g/mol. The van der Waals surface area contributed by atoms with Gasteiger partial charge in [-0.1, -0.05) is 0 Å². The molecule has 9 heteroatoms. The molecule has 0 atom stereocenters. The van der Waals surface area contributed by atoms with Crippen molar-refractivity contribution in [1.82, 2.24) is 34.7 Å². The topological polar surface area (TPSA) is 95.6 Å². The fraction of sp³-hybridized carbons (Fsp3) is 0.381. The highest BCUT2D eigenvalue weighted by molar-refractivity contribution is 5.93. The van der Waals surface area contributed by atoms with Crippen molar-refractivity contribution in [2.75, 3.05) is 11.9 Å². The first-order chi connectivity index (χ1) is 14.5. The molecule has 9 nitrogen and oxygen atoms in total. The summed E-state index contributed by atoms with van der Waals surface area (Å²) in [5, 5.41) is 20.6. The van der Waals surface area contributed by atoms with Crippen molar-refractivity contribution >= 4 is 16.7 Å². The third kappa shape index (κ3) is 3.70. The minimum Gasteiger partial charge on any atom is -0.476 e. The third-order valence-corrected chi connectivity index (χ3v) is 4.80. The lowest BCUT2D eigenvalue weighted by Gasteiger charge is -2.14. The van der Waals surface area contributed by atoms with Crippen LogP contribution in [0.5, 0.6) is 5.88 Å². The number of pyridine rings is 1. The normalized spacial score (nSPS) is 11.4. The van der Waals surface area contributed by atoms with Crippen molar-refractivity contribution in [2.24, 2.45) is 7.05 Å². The van der Waals surface area contributed by atoms with E-state index in [0.29, 0.717) is 19.0 Å². The number of anilines is 1. The first-order valence-electron chi connectivity index (χ1n) is 10.0. The van der Waals surface area contributed by atoms with Gasteiger partial charge in [0.1, 0.15) is 11.0 Å². The molecule has 0 spiro atoms. The smallest absolute Gasteiger partial charge is 0.242 e. The number of aromatic nitrogens is 7. The largest absolute Gasteiger partial charge is 0.476 e. The highest BCUT2D eigenvalue weighted by Gasteiger charge is 2.19. The van der Waals surface area contributed by atoms with Crippen LogP contribution in [0.15, 0.2) is 30.7 Å². The Labute approximate surface area is 175 Å². The zero-order chi connectivity index (χ0) is 21.3. The first kappa shape index (κ1) is 19.8. The molecule has 0 unspecified atom stereocenters. The Morgan fingerprint density at radius 3 is 2.80 bits per heavy atom. The van der Waals surface area contributed by atoms with Crippen LogP contribution in [0.1, 0.15) is 38.1 Å². The van der Waals surface area contributed by atoms with Crippen LogP contribution in [-0.2, 0) is 13.6 Å². The molecule has 1 N–H and O–H groups in total. The van der Waals surface area contributed by atoms with Crippen LogP contribution in [-0.4, -0.2) is 41.3 Å². The lowest BCUT2D eigenvalue weighted by molar-refractivity contribution is 0.324. The zero-order valence-corrected chi connectivity index (χ0v) is 17.9.